The average Bonchev–Trinajstić information content (AvgIpc) is 3.16. The second-order valence-electron chi connectivity index (χ2n) is 5.67. The number of aliphatic carboxylic acids is 2. The fourth-order valence-electron chi connectivity index (χ4n) is 2.83. The van der Waals surface area contributed by atoms with E-state index in [1.165, 1.54) is 11.8 Å². The van der Waals surface area contributed by atoms with Gasteiger partial charge in [0.1, 0.15) is 23.0 Å². The summed E-state index contributed by atoms with van der Waals surface area (Å²) in [4.78, 5) is 48.2. The normalized spacial score (nSPS) is 22.3. The maximum atomic E-state index is 12.5. The molecule has 2 unspecified atom stereocenters. The molecule has 0 saturated carbocycles. The number of amides is 2. The van der Waals surface area contributed by atoms with Crippen molar-refractivity contribution in [1.82, 2.24) is 30.8 Å². The predicted molar refractivity (Wildman–Crippen MR) is 96.5 cm³/mol. The van der Waals surface area contributed by atoms with Crippen molar-refractivity contribution in [2.45, 2.75) is 28.2 Å². The van der Waals surface area contributed by atoms with Crippen LogP contribution < -0.4 is 5.32 Å². The molecule has 3 heterocycles. The van der Waals surface area contributed by atoms with Gasteiger partial charge in [0.15, 0.2) is 0 Å². The Kier molecular flexibility index (Phi) is 6.10. The largest absolute Gasteiger partial charge is 0.481 e. The van der Waals surface area contributed by atoms with Gasteiger partial charge < -0.3 is 15.5 Å². The van der Waals surface area contributed by atoms with Gasteiger partial charge in [-0.2, -0.15) is 5.21 Å². The first-order valence-corrected chi connectivity index (χ1v) is 10.2. The Morgan fingerprint density at radius 2 is 2.18 bits per heavy atom. The van der Waals surface area contributed by atoms with Crippen LogP contribution >= 0.6 is 35.1 Å². The molecule has 1 aromatic heterocycles. The zero-order chi connectivity index (χ0) is 20.4. The SMILES string of the molecule is O=C(O)CC(Sc1nn[nH]n1)C1=C(C(=O)O)N2C(=O)C(NC(=O)CCl)[C@@H]2SC1. The molecule has 3 rings (SSSR count). The van der Waals surface area contributed by atoms with Crippen molar-refractivity contribution in [3.8, 4) is 0 Å². The molecule has 150 valence electrons. The lowest BCUT2D eigenvalue weighted by molar-refractivity contribution is -0.150. The van der Waals surface area contributed by atoms with Crippen LogP contribution in [0.3, 0.4) is 0 Å². The van der Waals surface area contributed by atoms with Gasteiger partial charge in [0.2, 0.25) is 11.1 Å². The summed E-state index contributed by atoms with van der Waals surface area (Å²) < 4.78 is 0. The zero-order valence-corrected chi connectivity index (χ0v) is 16.3. The Morgan fingerprint density at radius 3 is 2.75 bits per heavy atom. The molecule has 2 amide bonds. The predicted octanol–water partition coefficient (Wildman–Crippen LogP) is -0.887. The van der Waals surface area contributed by atoms with Gasteiger partial charge in [-0.1, -0.05) is 11.8 Å². The minimum absolute atomic E-state index is 0.151. The highest BCUT2D eigenvalue weighted by molar-refractivity contribution is 8.01. The van der Waals surface area contributed by atoms with E-state index in [9.17, 15) is 29.4 Å². The molecule has 2 aliphatic rings. The number of carboxylic acids is 2. The van der Waals surface area contributed by atoms with Crippen LogP contribution in [0, 0.1) is 0 Å². The summed E-state index contributed by atoms with van der Waals surface area (Å²) in [5.41, 5.74) is -0.0196. The van der Waals surface area contributed by atoms with Gasteiger partial charge in [-0.3, -0.25) is 19.3 Å². The highest BCUT2D eigenvalue weighted by atomic mass is 35.5. The summed E-state index contributed by atoms with van der Waals surface area (Å²) >= 11 is 7.60. The summed E-state index contributed by atoms with van der Waals surface area (Å²) in [5.74, 6) is -3.80. The summed E-state index contributed by atoms with van der Waals surface area (Å²) in [6, 6.07) is -0.880. The number of hydrogen-bond acceptors (Lipinski definition) is 9. The number of tetrazole rings is 1. The van der Waals surface area contributed by atoms with Crippen molar-refractivity contribution < 1.29 is 29.4 Å². The quantitative estimate of drug-likeness (QED) is 0.220. The number of thioether (sulfide) groups is 2. The number of nitrogens with zero attached hydrogens (tertiary/aromatic N) is 4. The van der Waals surface area contributed by atoms with Crippen molar-refractivity contribution in [2.75, 3.05) is 11.6 Å². The molecule has 2 aliphatic heterocycles. The summed E-state index contributed by atoms with van der Waals surface area (Å²) in [6.45, 7) is 0. The van der Waals surface area contributed by atoms with Gasteiger partial charge in [0.05, 0.1) is 6.42 Å². The second-order valence-corrected chi connectivity index (χ2v) is 8.21. The first-order valence-electron chi connectivity index (χ1n) is 7.71. The first-order chi connectivity index (χ1) is 13.3. The number of carboxylic acid groups (broad SMARTS) is 2. The number of aromatic nitrogens is 4. The van der Waals surface area contributed by atoms with Crippen molar-refractivity contribution >= 4 is 58.9 Å². The number of alkyl halides is 1. The highest BCUT2D eigenvalue weighted by Gasteiger charge is 2.54. The fraction of sp³-hybridized carbons (Fsp3) is 0.462. The van der Waals surface area contributed by atoms with E-state index in [4.69, 9.17) is 11.6 Å². The number of nitrogens with one attached hydrogen (secondary N) is 2. The van der Waals surface area contributed by atoms with Gasteiger partial charge in [0.25, 0.3) is 5.91 Å². The molecule has 0 aromatic carbocycles. The third-order valence-corrected chi connectivity index (χ3v) is 6.62. The number of aromatic amines is 1. The Bertz CT molecular complexity index is 849. The minimum Gasteiger partial charge on any atom is -0.481 e. The molecule has 1 aromatic rings. The maximum absolute atomic E-state index is 12.5. The molecule has 15 heteroatoms. The standard InChI is InChI=1S/C13H13ClN6O6S2/c14-2-6(21)15-8-10(24)20-9(12(25)26)4(3-27-11(8)20)5(1-7(22)23)28-13-16-18-19-17-13/h5,8,11H,1-3H2,(H,15,21)(H,22,23)(H,25,26)(H,16,17,18,19)/t5?,8?,11-/m0/s1. The average molecular weight is 449 g/mol. The van der Waals surface area contributed by atoms with Crippen LogP contribution in [-0.4, -0.2) is 87.8 Å². The van der Waals surface area contributed by atoms with E-state index < -0.39 is 46.8 Å². The van der Waals surface area contributed by atoms with E-state index in [1.54, 1.807) is 0 Å². The zero-order valence-electron chi connectivity index (χ0n) is 13.9. The third-order valence-electron chi connectivity index (χ3n) is 3.96. The number of carbonyl (C=O) groups excluding carboxylic acids is 2. The highest BCUT2D eigenvalue weighted by Crippen LogP contribution is 2.44. The maximum Gasteiger partial charge on any atom is 0.352 e. The minimum atomic E-state index is -1.36. The van der Waals surface area contributed by atoms with Crippen LogP contribution in [0.1, 0.15) is 6.42 Å². The van der Waals surface area contributed by atoms with Crippen LogP contribution in [0.2, 0.25) is 0 Å². The summed E-state index contributed by atoms with van der Waals surface area (Å²) in [6.07, 6.45) is -0.398. The number of rotatable bonds is 8. The molecular weight excluding hydrogens is 436 g/mol. The Hall–Kier alpha value is -2.32. The molecule has 0 bridgehead atoms. The van der Waals surface area contributed by atoms with Crippen LogP contribution in [0.25, 0.3) is 0 Å². The number of halogens is 1. The Labute approximate surface area is 170 Å². The Balaban J connectivity index is 1.91. The number of carbonyl (C=O) groups is 4. The van der Waals surface area contributed by atoms with E-state index in [-0.39, 0.29) is 28.1 Å². The first kappa shape index (κ1) is 20.4. The van der Waals surface area contributed by atoms with Crippen molar-refractivity contribution in [3.05, 3.63) is 11.3 Å². The van der Waals surface area contributed by atoms with Crippen molar-refractivity contribution in [1.29, 1.82) is 0 Å². The molecule has 0 spiro atoms. The molecule has 1 fully saturated rings. The van der Waals surface area contributed by atoms with E-state index in [0.29, 0.717) is 0 Å². The van der Waals surface area contributed by atoms with Gasteiger partial charge in [-0.15, -0.1) is 33.6 Å². The lowest BCUT2D eigenvalue weighted by Gasteiger charge is -2.50. The molecular formula is C13H13ClN6O6S2. The van der Waals surface area contributed by atoms with E-state index in [2.05, 4.69) is 25.9 Å². The number of fused-ring (bicyclic) bond motifs is 1. The second kappa shape index (κ2) is 8.36. The molecule has 3 atom stereocenters. The van der Waals surface area contributed by atoms with Crippen LogP contribution in [-0.2, 0) is 19.2 Å². The molecule has 12 nitrogen and oxygen atoms in total. The molecule has 0 radical (unpaired) electrons. The number of β-lactam (4-membered cyclic amide) rings is 1. The molecule has 4 N–H and O–H groups in total. The Morgan fingerprint density at radius 1 is 1.43 bits per heavy atom. The van der Waals surface area contributed by atoms with Crippen LogP contribution in [0.4, 0.5) is 0 Å². The third kappa shape index (κ3) is 3.93. The fourth-order valence-corrected chi connectivity index (χ4v) is 5.43. The summed E-state index contributed by atoms with van der Waals surface area (Å²) in [5, 5.41) is 33.2. The van der Waals surface area contributed by atoms with Crippen molar-refractivity contribution in [2.24, 2.45) is 0 Å². The van der Waals surface area contributed by atoms with Crippen LogP contribution in [0.5, 0.6) is 0 Å². The van der Waals surface area contributed by atoms with Crippen molar-refractivity contribution in [3.63, 3.8) is 0 Å². The van der Waals surface area contributed by atoms with Crippen LogP contribution in [0.15, 0.2) is 16.4 Å². The van der Waals surface area contributed by atoms with Gasteiger partial charge in [-0.05, 0) is 10.8 Å². The lowest BCUT2D eigenvalue weighted by Crippen LogP contribution is -2.70. The van der Waals surface area contributed by atoms with Gasteiger partial charge in [-0.25, -0.2) is 4.79 Å². The molecule has 0 aliphatic carbocycles. The van der Waals surface area contributed by atoms with Gasteiger partial charge in [0, 0.05) is 11.0 Å². The van der Waals surface area contributed by atoms with Gasteiger partial charge >= 0.3 is 11.9 Å². The molecule has 1 saturated heterocycles. The lowest BCUT2D eigenvalue weighted by atomic mass is 10.0. The van der Waals surface area contributed by atoms with E-state index in [0.717, 1.165) is 16.7 Å². The van der Waals surface area contributed by atoms with E-state index >= 15 is 0 Å². The number of hydrogen-bond donors (Lipinski definition) is 4. The monoisotopic (exact) mass is 448 g/mol. The van der Waals surface area contributed by atoms with E-state index in [1.807, 2.05) is 0 Å². The molecule has 28 heavy (non-hydrogen) atoms. The summed E-state index contributed by atoms with van der Waals surface area (Å²) in [7, 11) is 0. The smallest absolute Gasteiger partial charge is 0.352 e. The topological polar surface area (TPSA) is 178 Å². The number of H-pyrrole nitrogens is 1.